The van der Waals surface area contributed by atoms with E-state index in [4.69, 9.17) is 0 Å². The van der Waals surface area contributed by atoms with E-state index in [1.807, 2.05) is 67.1 Å². The molecule has 3 rings (SSSR count). The first-order valence-electron chi connectivity index (χ1n) is 6.50. The van der Waals surface area contributed by atoms with Crippen molar-refractivity contribution in [1.82, 2.24) is 9.55 Å². The molecule has 1 aromatic heterocycles. The quantitative estimate of drug-likeness (QED) is 0.740. The Morgan fingerprint density at radius 3 is 2.50 bits per heavy atom. The molecule has 20 heavy (non-hydrogen) atoms. The first-order chi connectivity index (χ1) is 9.65. The highest BCUT2D eigenvalue weighted by molar-refractivity contribution is 7.84. The lowest BCUT2D eigenvalue weighted by atomic mass is 10.2. The van der Waals surface area contributed by atoms with Crippen LogP contribution in [0, 0.1) is 6.92 Å². The highest BCUT2D eigenvalue weighted by Gasteiger charge is 2.14. The predicted molar refractivity (Wildman–Crippen MR) is 82.0 cm³/mol. The van der Waals surface area contributed by atoms with Gasteiger partial charge >= 0.3 is 0 Å². The summed E-state index contributed by atoms with van der Waals surface area (Å²) in [6.45, 7) is 2.05. The molecule has 0 saturated carbocycles. The van der Waals surface area contributed by atoms with Gasteiger partial charge in [-0.25, -0.2) is 4.98 Å². The fourth-order valence-corrected chi connectivity index (χ4v) is 3.46. The molecule has 0 N–H and O–H groups in total. The first-order valence-corrected chi connectivity index (χ1v) is 7.82. The van der Waals surface area contributed by atoms with Gasteiger partial charge in [0.1, 0.15) is 0 Å². The number of aromatic nitrogens is 2. The van der Waals surface area contributed by atoms with Crippen LogP contribution < -0.4 is 0 Å². The van der Waals surface area contributed by atoms with Gasteiger partial charge in [-0.2, -0.15) is 0 Å². The smallest absolute Gasteiger partial charge is 0.200 e. The maximum absolute atomic E-state index is 12.5. The fraction of sp³-hybridized carbons (Fsp3) is 0.188. The molecule has 1 heterocycles. The van der Waals surface area contributed by atoms with Crippen LogP contribution in [-0.2, 0) is 23.6 Å². The van der Waals surface area contributed by atoms with E-state index >= 15 is 0 Å². The summed E-state index contributed by atoms with van der Waals surface area (Å²) in [6, 6.07) is 16.0. The van der Waals surface area contributed by atoms with Crippen molar-refractivity contribution in [1.29, 1.82) is 0 Å². The molecular weight excluding hydrogens is 268 g/mol. The topological polar surface area (TPSA) is 34.9 Å². The van der Waals surface area contributed by atoms with Crippen LogP contribution in [0.5, 0.6) is 0 Å². The maximum Gasteiger partial charge on any atom is 0.200 e. The van der Waals surface area contributed by atoms with E-state index in [1.54, 1.807) is 0 Å². The summed E-state index contributed by atoms with van der Waals surface area (Å²) in [5.41, 5.74) is 4.19. The normalized spacial score (nSPS) is 12.7. The van der Waals surface area contributed by atoms with Gasteiger partial charge in [-0.15, -0.1) is 0 Å². The molecule has 0 fully saturated rings. The van der Waals surface area contributed by atoms with Gasteiger partial charge in [0.2, 0.25) is 0 Å². The molecule has 0 aliphatic rings. The average molecular weight is 284 g/mol. The molecule has 2 aromatic carbocycles. The van der Waals surface area contributed by atoms with E-state index < -0.39 is 10.8 Å². The Labute approximate surface area is 120 Å². The molecule has 0 radical (unpaired) electrons. The molecule has 0 saturated heterocycles. The highest BCUT2D eigenvalue weighted by Crippen LogP contribution is 2.18. The van der Waals surface area contributed by atoms with Crippen LogP contribution in [0.4, 0.5) is 0 Å². The average Bonchev–Trinajstić information content (AvgIpc) is 2.79. The van der Waals surface area contributed by atoms with Gasteiger partial charge in [-0.3, -0.25) is 4.21 Å². The van der Waals surface area contributed by atoms with Gasteiger partial charge in [-0.1, -0.05) is 42.0 Å². The summed E-state index contributed by atoms with van der Waals surface area (Å²) in [5, 5.41) is 0.631. The second-order valence-electron chi connectivity index (χ2n) is 4.92. The number of hydrogen-bond donors (Lipinski definition) is 0. The third-order valence-corrected chi connectivity index (χ3v) is 4.74. The van der Waals surface area contributed by atoms with Crippen LogP contribution in [0.15, 0.2) is 53.7 Å². The second kappa shape index (κ2) is 5.21. The molecule has 0 aliphatic carbocycles. The van der Waals surface area contributed by atoms with Crippen molar-refractivity contribution in [2.45, 2.75) is 17.8 Å². The van der Waals surface area contributed by atoms with Gasteiger partial charge in [0.05, 0.1) is 27.6 Å². The molecule has 4 heteroatoms. The lowest BCUT2D eigenvalue weighted by Crippen LogP contribution is -2.04. The zero-order valence-corrected chi connectivity index (χ0v) is 12.4. The number of imidazole rings is 1. The van der Waals surface area contributed by atoms with Crippen molar-refractivity contribution < 1.29 is 4.21 Å². The summed E-state index contributed by atoms with van der Waals surface area (Å²) < 4.78 is 14.4. The fourth-order valence-electron chi connectivity index (χ4n) is 2.23. The SMILES string of the molecule is Cc1ccc(CS(=O)c2nc3ccccc3n2C)cc1. The summed E-state index contributed by atoms with van der Waals surface area (Å²) in [5.74, 6) is 0.497. The van der Waals surface area contributed by atoms with Gasteiger partial charge < -0.3 is 4.57 Å². The number of benzene rings is 2. The van der Waals surface area contributed by atoms with E-state index in [0.717, 1.165) is 16.6 Å². The van der Waals surface area contributed by atoms with Crippen LogP contribution in [0.2, 0.25) is 0 Å². The molecule has 102 valence electrons. The Balaban J connectivity index is 1.92. The van der Waals surface area contributed by atoms with Gasteiger partial charge in [0.25, 0.3) is 0 Å². The summed E-state index contributed by atoms with van der Waals surface area (Å²) in [7, 11) is 0.781. The standard InChI is InChI=1S/C16H16N2OS/c1-12-7-9-13(10-8-12)11-20(19)16-17-14-5-3-4-6-15(14)18(16)2/h3-10H,11H2,1-2H3. The molecule has 3 aromatic rings. The number of hydrogen-bond acceptors (Lipinski definition) is 2. The van der Waals surface area contributed by atoms with E-state index in [-0.39, 0.29) is 0 Å². The zero-order chi connectivity index (χ0) is 14.1. The van der Waals surface area contributed by atoms with Crippen molar-refractivity contribution >= 4 is 21.8 Å². The van der Waals surface area contributed by atoms with E-state index in [0.29, 0.717) is 10.9 Å². The molecule has 1 atom stereocenters. The number of aryl methyl sites for hydroxylation is 2. The van der Waals surface area contributed by atoms with Crippen LogP contribution >= 0.6 is 0 Å². The maximum atomic E-state index is 12.5. The third kappa shape index (κ3) is 2.39. The molecule has 1 unspecified atom stereocenters. The van der Waals surface area contributed by atoms with Gasteiger partial charge in [0.15, 0.2) is 5.16 Å². The van der Waals surface area contributed by atoms with Crippen molar-refractivity contribution in [2.75, 3.05) is 0 Å². The molecular formula is C16H16N2OS. The first kappa shape index (κ1) is 13.1. The summed E-state index contributed by atoms with van der Waals surface area (Å²) in [4.78, 5) is 4.49. The number of fused-ring (bicyclic) bond motifs is 1. The Morgan fingerprint density at radius 1 is 1.10 bits per heavy atom. The molecule has 0 aliphatic heterocycles. The molecule has 0 bridgehead atoms. The van der Waals surface area contributed by atoms with Crippen LogP contribution in [0.3, 0.4) is 0 Å². The minimum Gasteiger partial charge on any atom is -0.320 e. The highest BCUT2D eigenvalue weighted by atomic mass is 32.2. The van der Waals surface area contributed by atoms with Crippen LogP contribution in [0.1, 0.15) is 11.1 Å². The Bertz CT molecular complexity index is 775. The zero-order valence-electron chi connectivity index (χ0n) is 11.5. The van der Waals surface area contributed by atoms with Crippen molar-refractivity contribution in [2.24, 2.45) is 7.05 Å². The van der Waals surface area contributed by atoms with Gasteiger partial charge in [0, 0.05) is 7.05 Å². The number of para-hydroxylation sites is 2. The van der Waals surface area contributed by atoms with E-state index in [2.05, 4.69) is 4.98 Å². The van der Waals surface area contributed by atoms with Crippen LogP contribution in [0.25, 0.3) is 11.0 Å². The van der Waals surface area contributed by atoms with E-state index in [9.17, 15) is 4.21 Å². The molecule has 3 nitrogen and oxygen atoms in total. The summed E-state index contributed by atoms with van der Waals surface area (Å²) in [6.07, 6.45) is 0. The summed E-state index contributed by atoms with van der Waals surface area (Å²) >= 11 is 0. The van der Waals surface area contributed by atoms with Gasteiger partial charge in [-0.05, 0) is 24.6 Å². The number of rotatable bonds is 3. The van der Waals surface area contributed by atoms with Crippen molar-refractivity contribution in [3.8, 4) is 0 Å². The largest absolute Gasteiger partial charge is 0.320 e. The molecule has 0 spiro atoms. The Kier molecular flexibility index (Phi) is 3.40. The van der Waals surface area contributed by atoms with E-state index in [1.165, 1.54) is 5.56 Å². The minimum absolute atomic E-state index is 0.497. The Morgan fingerprint density at radius 2 is 1.80 bits per heavy atom. The van der Waals surface area contributed by atoms with Crippen molar-refractivity contribution in [3.63, 3.8) is 0 Å². The second-order valence-corrected chi connectivity index (χ2v) is 6.26. The number of nitrogens with zero attached hydrogens (tertiary/aromatic N) is 2. The van der Waals surface area contributed by atoms with Crippen LogP contribution in [-0.4, -0.2) is 13.8 Å². The monoisotopic (exact) mass is 284 g/mol. The van der Waals surface area contributed by atoms with Crippen molar-refractivity contribution in [3.05, 3.63) is 59.7 Å². The molecule has 0 amide bonds. The predicted octanol–water partition coefficient (Wildman–Crippen LogP) is 3.19. The lowest BCUT2D eigenvalue weighted by molar-refractivity contribution is 0.667. The lowest BCUT2D eigenvalue weighted by Gasteiger charge is -2.03. The third-order valence-electron chi connectivity index (χ3n) is 3.37. The minimum atomic E-state index is -1.13. The Hall–Kier alpha value is -1.94.